The van der Waals surface area contributed by atoms with Gasteiger partial charge in [0.25, 0.3) is 0 Å². The zero-order valence-electron chi connectivity index (χ0n) is 31.0. The maximum atomic E-state index is 2.48. The molecule has 0 saturated heterocycles. The molecule has 0 bridgehead atoms. The van der Waals surface area contributed by atoms with Crippen LogP contribution in [0.1, 0.15) is 0 Å². The fraction of sp³-hybridized carbons (Fsp3) is 0. The molecular weight excluding hydrogens is 691 g/mol. The van der Waals surface area contributed by atoms with E-state index in [-0.39, 0.29) is 0 Å². The quantitative estimate of drug-likeness (QED) is 0.168. The second kappa shape index (κ2) is 12.5. The van der Waals surface area contributed by atoms with Crippen molar-refractivity contribution in [3.05, 3.63) is 212 Å². The van der Waals surface area contributed by atoms with E-state index < -0.39 is 0 Å². The standard InChI is InChI=1S/C54H35N3/c1-3-17-36(18-4-1)39-21-7-12-26-45(39)57-47-28-14-9-23-41(47)42-32-31-37(35-52(42)57)40-22-8-13-27-46(40)56-49-30-16-11-25-44(49)54-51(56)34-33-50-53(54)43-24-10-15-29-48(43)55(50)38-19-5-2-6-20-38/h1-35H. The molecule has 266 valence electrons. The SMILES string of the molecule is c1ccc(-c2ccccc2-n2c3ccccc3c3ccc(-c4ccccc4-n4c5ccccc5c5c6c7ccccc7n(-c7ccccc7)c6ccc54)cc32)cc1. The van der Waals surface area contributed by atoms with E-state index in [1.165, 1.54) is 93.4 Å². The Morgan fingerprint density at radius 2 is 0.684 bits per heavy atom. The van der Waals surface area contributed by atoms with Crippen molar-refractivity contribution in [3.8, 4) is 39.3 Å². The van der Waals surface area contributed by atoms with Gasteiger partial charge in [-0.05, 0) is 71.8 Å². The molecule has 0 aliphatic heterocycles. The first kappa shape index (κ1) is 31.7. The van der Waals surface area contributed by atoms with E-state index in [4.69, 9.17) is 0 Å². The zero-order valence-corrected chi connectivity index (χ0v) is 31.0. The number of fused-ring (bicyclic) bond motifs is 10. The van der Waals surface area contributed by atoms with Gasteiger partial charge in [0.2, 0.25) is 0 Å². The summed E-state index contributed by atoms with van der Waals surface area (Å²) in [6.07, 6.45) is 0. The number of para-hydroxylation sites is 6. The molecule has 9 aromatic carbocycles. The Kier molecular flexibility index (Phi) is 6.93. The van der Waals surface area contributed by atoms with E-state index >= 15 is 0 Å². The number of nitrogens with zero attached hydrogens (tertiary/aromatic N) is 3. The van der Waals surface area contributed by atoms with Gasteiger partial charge in [-0.1, -0.05) is 152 Å². The van der Waals surface area contributed by atoms with E-state index in [1.54, 1.807) is 0 Å². The van der Waals surface area contributed by atoms with Crippen molar-refractivity contribution in [2.45, 2.75) is 0 Å². The van der Waals surface area contributed by atoms with Crippen LogP contribution < -0.4 is 0 Å². The Morgan fingerprint density at radius 3 is 1.33 bits per heavy atom. The largest absolute Gasteiger partial charge is 0.309 e. The van der Waals surface area contributed by atoms with E-state index in [9.17, 15) is 0 Å². The van der Waals surface area contributed by atoms with E-state index in [0.717, 1.165) is 11.4 Å². The third kappa shape index (κ3) is 4.66. The van der Waals surface area contributed by atoms with Gasteiger partial charge in [-0.25, -0.2) is 0 Å². The summed E-state index contributed by atoms with van der Waals surface area (Å²) in [6.45, 7) is 0. The Balaban J connectivity index is 1.13. The molecule has 0 radical (unpaired) electrons. The van der Waals surface area contributed by atoms with Crippen molar-refractivity contribution < 1.29 is 0 Å². The van der Waals surface area contributed by atoms with Crippen LogP contribution in [0.25, 0.3) is 105 Å². The van der Waals surface area contributed by atoms with Crippen LogP contribution in [0.2, 0.25) is 0 Å². The van der Waals surface area contributed by atoms with E-state index in [2.05, 4.69) is 226 Å². The molecule has 0 fully saturated rings. The van der Waals surface area contributed by atoms with Gasteiger partial charge in [0, 0.05) is 49.1 Å². The first-order chi connectivity index (χ1) is 28.3. The number of rotatable bonds is 5. The minimum Gasteiger partial charge on any atom is -0.309 e. The lowest BCUT2D eigenvalue weighted by molar-refractivity contribution is 1.17. The minimum absolute atomic E-state index is 1.15. The third-order valence-electron chi connectivity index (χ3n) is 11.8. The van der Waals surface area contributed by atoms with Gasteiger partial charge in [-0.3, -0.25) is 0 Å². The van der Waals surface area contributed by atoms with E-state index in [1.807, 2.05) is 0 Å². The summed E-state index contributed by atoms with van der Waals surface area (Å²) < 4.78 is 7.35. The summed E-state index contributed by atoms with van der Waals surface area (Å²) in [5.41, 5.74) is 15.4. The summed E-state index contributed by atoms with van der Waals surface area (Å²) in [5.74, 6) is 0. The van der Waals surface area contributed by atoms with Crippen LogP contribution >= 0.6 is 0 Å². The molecule has 3 aromatic heterocycles. The number of aromatic nitrogens is 3. The Bertz CT molecular complexity index is 3510. The van der Waals surface area contributed by atoms with Crippen LogP contribution in [0.5, 0.6) is 0 Å². The normalized spacial score (nSPS) is 11.9. The van der Waals surface area contributed by atoms with Crippen molar-refractivity contribution in [1.29, 1.82) is 0 Å². The molecule has 0 atom stereocenters. The smallest absolute Gasteiger partial charge is 0.0549 e. The lowest BCUT2D eigenvalue weighted by Crippen LogP contribution is -1.99. The monoisotopic (exact) mass is 725 g/mol. The molecule has 3 heterocycles. The van der Waals surface area contributed by atoms with Crippen LogP contribution in [-0.2, 0) is 0 Å². The van der Waals surface area contributed by atoms with Crippen LogP contribution in [0.3, 0.4) is 0 Å². The van der Waals surface area contributed by atoms with Crippen molar-refractivity contribution in [2.24, 2.45) is 0 Å². The average molecular weight is 726 g/mol. The number of hydrogen-bond acceptors (Lipinski definition) is 0. The van der Waals surface area contributed by atoms with Gasteiger partial charge in [0.1, 0.15) is 0 Å². The first-order valence-corrected chi connectivity index (χ1v) is 19.6. The van der Waals surface area contributed by atoms with Gasteiger partial charge in [0.05, 0.1) is 44.5 Å². The molecule has 3 heteroatoms. The van der Waals surface area contributed by atoms with Gasteiger partial charge in [-0.15, -0.1) is 0 Å². The molecule has 0 saturated carbocycles. The van der Waals surface area contributed by atoms with Crippen molar-refractivity contribution >= 4 is 65.4 Å². The predicted octanol–water partition coefficient (Wildman–Crippen LogP) is 14.3. The molecule has 3 nitrogen and oxygen atoms in total. The Morgan fingerprint density at radius 1 is 0.246 bits per heavy atom. The summed E-state index contributed by atoms with van der Waals surface area (Å²) in [4.78, 5) is 0. The average Bonchev–Trinajstić information content (AvgIpc) is 3.92. The fourth-order valence-corrected chi connectivity index (χ4v) is 9.47. The number of benzene rings is 9. The molecule has 57 heavy (non-hydrogen) atoms. The van der Waals surface area contributed by atoms with Crippen molar-refractivity contribution in [3.63, 3.8) is 0 Å². The summed E-state index contributed by atoms with van der Waals surface area (Å²) >= 11 is 0. The summed E-state index contributed by atoms with van der Waals surface area (Å²) in [6, 6.07) is 77.3. The van der Waals surface area contributed by atoms with Gasteiger partial charge >= 0.3 is 0 Å². The molecule has 12 aromatic rings. The van der Waals surface area contributed by atoms with Gasteiger partial charge < -0.3 is 13.7 Å². The van der Waals surface area contributed by atoms with Crippen molar-refractivity contribution in [1.82, 2.24) is 13.7 Å². The molecule has 0 spiro atoms. The highest BCUT2D eigenvalue weighted by Gasteiger charge is 2.22. The van der Waals surface area contributed by atoms with Crippen molar-refractivity contribution in [2.75, 3.05) is 0 Å². The van der Waals surface area contributed by atoms with Crippen LogP contribution in [0, 0.1) is 0 Å². The number of hydrogen-bond donors (Lipinski definition) is 0. The maximum Gasteiger partial charge on any atom is 0.0549 e. The van der Waals surface area contributed by atoms with Gasteiger partial charge in [0.15, 0.2) is 0 Å². The molecule has 0 unspecified atom stereocenters. The van der Waals surface area contributed by atoms with Crippen LogP contribution in [-0.4, -0.2) is 13.7 Å². The molecule has 0 aliphatic rings. The second-order valence-corrected chi connectivity index (χ2v) is 14.9. The molecule has 12 rings (SSSR count). The van der Waals surface area contributed by atoms with Gasteiger partial charge in [-0.2, -0.15) is 0 Å². The highest BCUT2D eigenvalue weighted by molar-refractivity contribution is 6.29. The fourth-order valence-electron chi connectivity index (χ4n) is 9.47. The van der Waals surface area contributed by atoms with Crippen LogP contribution in [0.4, 0.5) is 0 Å². The Hall–Kier alpha value is -7.62. The topological polar surface area (TPSA) is 14.8 Å². The lowest BCUT2D eigenvalue weighted by atomic mass is 10.0. The van der Waals surface area contributed by atoms with E-state index in [0.29, 0.717) is 0 Å². The molecular formula is C54H35N3. The third-order valence-corrected chi connectivity index (χ3v) is 11.8. The second-order valence-electron chi connectivity index (χ2n) is 14.9. The molecule has 0 amide bonds. The lowest BCUT2D eigenvalue weighted by Gasteiger charge is -2.16. The molecule has 0 aliphatic carbocycles. The maximum absolute atomic E-state index is 2.48. The zero-order chi connectivity index (χ0) is 37.5. The first-order valence-electron chi connectivity index (χ1n) is 19.6. The predicted molar refractivity (Wildman–Crippen MR) is 240 cm³/mol. The Labute approximate surface area is 329 Å². The molecule has 0 N–H and O–H groups in total. The summed E-state index contributed by atoms with van der Waals surface area (Å²) in [7, 11) is 0. The minimum atomic E-state index is 1.15. The highest BCUT2D eigenvalue weighted by atomic mass is 15.0. The van der Waals surface area contributed by atoms with Crippen LogP contribution in [0.15, 0.2) is 212 Å². The highest BCUT2D eigenvalue weighted by Crippen LogP contribution is 2.44. The summed E-state index contributed by atoms with van der Waals surface area (Å²) in [5, 5.41) is 7.54.